The highest BCUT2D eigenvalue weighted by molar-refractivity contribution is 6.02. The molecule has 0 amide bonds. The second-order valence-electron chi connectivity index (χ2n) is 11.0. The number of methoxy groups -OCH3 is 1. The van der Waals surface area contributed by atoms with E-state index in [-0.39, 0.29) is 5.82 Å². The Balaban J connectivity index is 1.21. The number of fused-ring (bicyclic) bond motifs is 2. The Bertz CT molecular complexity index is 1850. The first kappa shape index (κ1) is 25.5. The molecule has 0 atom stereocenters. The highest BCUT2D eigenvalue weighted by atomic mass is 19.1. The summed E-state index contributed by atoms with van der Waals surface area (Å²) < 4.78 is 19.6. The van der Waals surface area contributed by atoms with E-state index in [4.69, 9.17) is 4.74 Å². The lowest BCUT2D eigenvalue weighted by atomic mass is 10.0. The van der Waals surface area contributed by atoms with Gasteiger partial charge in [-0.15, -0.1) is 0 Å². The molecule has 0 unspecified atom stereocenters. The minimum atomic E-state index is -0.332. The average molecular weight is 546 g/mol. The van der Waals surface area contributed by atoms with Crippen LogP contribution in [-0.4, -0.2) is 33.8 Å². The van der Waals surface area contributed by atoms with Crippen LogP contribution in [0.25, 0.3) is 55.4 Å². The molecule has 206 valence electrons. The maximum atomic E-state index is 14.3. The SMILES string of the molecule is COc1cc(F)cc(-c2cccc3[nH]c(-c4n[nH]c5ccc(-c6cncc(CNCC7CCCC7)c6)cc45)cc23)c1. The maximum Gasteiger partial charge on any atom is 0.127 e. The van der Waals surface area contributed by atoms with Gasteiger partial charge in [0.25, 0.3) is 0 Å². The minimum Gasteiger partial charge on any atom is -0.497 e. The summed E-state index contributed by atoms with van der Waals surface area (Å²) in [7, 11) is 1.55. The van der Waals surface area contributed by atoms with Crippen molar-refractivity contribution in [1.82, 2.24) is 25.5 Å². The van der Waals surface area contributed by atoms with Crippen LogP contribution in [0.4, 0.5) is 4.39 Å². The largest absolute Gasteiger partial charge is 0.497 e. The molecule has 1 aliphatic rings. The molecule has 3 aromatic heterocycles. The quantitative estimate of drug-likeness (QED) is 0.182. The molecule has 3 N–H and O–H groups in total. The van der Waals surface area contributed by atoms with Crippen molar-refractivity contribution in [3.05, 3.63) is 90.5 Å². The predicted molar refractivity (Wildman–Crippen MR) is 162 cm³/mol. The highest BCUT2D eigenvalue weighted by Gasteiger charge is 2.16. The van der Waals surface area contributed by atoms with Crippen LogP contribution in [0.3, 0.4) is 0 Å². The number of pyridine rings is 1. The molecule has 41 heavy (non-hydrogen) atoms. The van der Waals surface area contributed by atoms with Crippen molar-refractivity contribution in [2.24, 2.45) is 5.92 Å². The Kier molecular flexibility index (Phi) is 6.72. The van der Waals surface area contributed by atoms with Crippen LogP contribution in [0.2, 0.25) is 0 Å². The predicted octanol–water partition coefficient (Wildman–Crippen LogP) is 7.87. The fourth-order valence-corrected chi connectivity index (χ4v) is 6.15. The van der Waals surface area contributed by atoms with E-state index in [9.17, 15) is 4.39 Å². The van der Waals surface area contributed by atoms with Crippen molar-refractivity contribution in [3.63, 3.8) is 0 Å². The summed E-state index contributed by atoms with van der Waals surface area (Å²) in [4.78, 5) is 8.07. The molecule has 1 aliphatic carbocycles. The van der Waals surface area contributed by atoms with E-state index in [2.05, 4.69) is 55.8 Å². The van der Waals surface area contributed by atoms with Gasteiger partial charge in [0, 0.05) is 46.9 Å². The van der Waals surface area contributed by atoms with Gasteiger partial charge in [-0.2, -0.15) is 5.10 Å². The van der Waals surface area contributed by atoms with Gasteiger partial charge in [0.05, 0.1) is 18.3 Å². The number of nitrogens with zero attached hydrogens (tertiary/aromatic N) is 2. The second kappa shape index (κ2) is 10.8. The Morgan fingerprint density at radius 2 is 1.80 bits per heavy atom. The maximum absolute atomic E-state index is 14.3. The van der Waals surface area contributed by atoms with Crippen LogP contribution < -0.4 is 10.1 Å². The Hall–Kier alpha value is -4.49. The lowest BCUT2D eigenvalue weighted by Gasteiger charge is -2.11. The third-order valence-corrected chi connectivity index (χ3v) is 8.27. The normalized spacial score (nSPS) is 13.9. The first-order chi connectivity index (χ1) is 20.1. The van der Waals surface area contributed by atoms with Gasteiger partial charge in [0.2, 0.25) is 0 Å². The standard InChI is InChI=1S/C34H32FN5O/c1-41-27-13-24(12-26(35)15-27)28-7-4-8-31-29(28)16-33(38-31)34-30-14-23(9-10-32(30)39-40-34)25-11-22(19-37-20-25)18-36-17-21-5-2-3-6-21/h4,7-16,19-21,36,38H,2-3,5-6,17-18H2,1H3,(H,39,40). The van der Waals surface area contributed by atoms with Crippen molar-refractivity contribution in [3.8, 4) is 39.4 Å². The molecule has 1 saturated carbocycles. The second-order valence-corrected chi connectivity index (χ2v) is 11.0. The van der Waals surface area contributed by atoms with E-state index in [0.29, 0.717) is 5.75 Å². The van der Waals surface area contributed by atoms with E-state index in [0.717, 1.165) is 74.5 Å². The van der Waals surface area contributed by atoms with Crippen molar-refractivity contribution in [2.75, 3.05) is 13.7 Å². The fraction of sp³-hybridized carbons (Fsp3) is 0.235. The van der Waals surface area contributed by atoms with Gasteiger partial charge in [-0.3, -0.25) is 10.1 Å². The molecule has 3 aromatic carbocycles. The fourth-order valence-electron chi connectivity index (χ4n) is 6.15. The molecule has 0 saturated heterocycles. The van der Waals surface area contributed by atoms with Crippen LogP contribution in [0.5, 0.6) is 5.75 Å². The van der Waals surface area contributed by atoms with Crippen molar-refractivity contribution < 1.29 is 9.13 Å². The number of benzene rings is 3. The Morgan fingerprint density at radius 1 is 0.902 bits per heavy atom. The van der Waals surface area contributed by atoms with Gasteiger partial charge >= 0.3 is 0 Å². The number of halogens is 1. The van der Waals surface area contributed by atoms with Gasteiger partial charge in [-0.1, -0.05) is 31.0 Å². The summed E-state index contributed by atoms with van der Waals surface area (Å²) in [6, 6.07) is 21.4. The molecule has 7 heteroatoms. The van der Waals surface area contributed by atoms with E-state index in [1.54, 1.807) is 7.11 Å². The van der Waals surface area contributed by atoms with Gasteiger partial charge < -0.3 is 15.0 Å². The summed E-state index contributed by atoms with van der Waals surface area (Å²) in [5.41, 5.74) is 8.68. The number of ether oxygens (including phenoxy) is 1. The van der Waals surface area contributed by atoms with Gasteiger partial charge in [-0.05, 0) is 90.0 Å². The molecule has 0 radical (unpaired) electrons. The Labute approximate surface area is 238 Å². The topological polar surface area (TPSA) is 78.6 Å². The summed E-state index contributed by atoms with van der Waals surface area (Å²) >= 11 is 0. The highest BCUT2D eigenvalue weighted by Crippen LogP contribution is 2.36. The van der Waals surface area contributed by atoms with E-state index >= 15 is 0 Å². The summed E-state index contributed by atoms with van der Waals surface area (Å²) in [6.07, 6.45) is 9.28. The number of H-pyrrole nitrogens is 2. The van der Waals surface area contributed by atoms with E-state index < -0.39 is 0 Å². The molecular weight excluding hydrogens is 513 g/mol. The number of rotatable bonds is 8. The summed E-state index contributed by atoms with van der Waals surface area (Å²) in [6.45, 7) is 1.90. The van der Waals surface area contributed by atoms with Crippen LogP contribution in [0.15, 0.2) is 79.1 Å². The zero-order valence-corrected chi connectivity index (χ0v) is 23.0. The number of aromatic nitrogens is 4. The molecule has 6 nitrogen and oxygen atoms in total. The lowest BCUT2D eigenvalue weighted by molar-refractivity contribution is 0.411. The molecular formula is C34H32FN5O. The summed E-state index contributed by atoms with van der Waals surface area (Å²) in [5.74, 6) is 0.966. The molecule has 0 bridgehead atoms. The molecule has 1 fully saturated rings. The van der Waals surface area contributed by atoms with E-state index in [1.165, 1.54) is 43.4 Å². The monoisotopic (exact) mass is 545 g/mol. The number of hydrogen-bond acceptors (Lipinski definition) is 4. The first-order valence-electron chi connectivity index (χ1n) is 14.2. The van der Waals surface area contributed by atoms with Crippen LogP contribution in [0.1, 0.15) is 31.2 Å². The molecule has 3 heterocycles. The zero-order valence-electron chi connectivity index (χ0n) is 23.0. The molecule has 6 aromatic rings. The lowest BCUT2D eigenvalue weighted by Crippen LogP contribution is -2.20. The first-order valence-corrected chi connectivity index (χ1v) is 14.2. The zero-order chi connectivity index (χ0) is 27.8. The smallest absolute Gasteiger partial charge is 0.127 e. The third kappa shape index (κ3) is 5.09. The van der Waals surface area contributed by atoms with Gasteiger partial charge in [0.1, 0.15) is 17.3 Å². The molecule has 0 spiro atoms. The van der Waals surface area contributed by atoms with Gasteiger partial charge in [0.15, 0.2) is 0 Å². The van der Waals surface area contributed by atoms with Crippen molar-refractivity contribution >= 4 is 21.8 Å². The molecule has 0 aliphatic heterocycles. The third-order valence-electron chi connectivity index (χ3n) is 8.27. The van der Waals surface area contributed by atoms with Crippen LogP contribution in [0, 0.1) is 11.7 Å². The average Bonchev–Trinajstić information content (AvgIpc) is 3.76. The van der Waals surface area contributed by atoms with Gasteiger partial charge in [-0.25, -0.2) is 4.39 Å². The van der Waals surface area contributed by atoms with Crippen molar-refractivity contribution in [1.29, 1.82) is 0 Å². The summed E-state index contributed by atoms with van der Waals surface area (Å²) in [5, 5.41) is 13.5. The number of hydrogen-bond donors (Lipinski definition) is 3. The van der Waals surface area contributed by atoms with E-state index in [1.807, 2.05) is 36.7 Å². The van der Waals surface area contributed by atoms with Crippen LogP contribution >= 0.6 is 0 Å². The van der Waals surface area contributed by atoms with Crippen molar-refractivity contribution in [2.45, 2.75) is 32.2 Å². The number of aromatic amines is 2. The molecule has 7 rings (SSSR count). The number of nitrogens with one attached hydrogen (secondary N) is 3. The Morgan fingerprint density at radius 3 is 2.68 bits per heavy atom. The minimum absolute atomic E-state index is 0.332. The van der Waals surface area contributed by atoms with Crippen LogP contribution in [-0.2, 0) is 6.54 Å².